The first-order valence-electron chi connectivity index (χ1n) is 1.01. The van der Waals surface area contributed by atoms with Crippen LogP contribution in [0.3, 0.4) is 0 Å². The van der Waals surface area contributed by atoms with Crippen LogP contribution in [0.1, 0.15) is 0 Å². The van der Waals surface area contributed by atoms with Crippen molar-refractivity contribution < 1.29 is 36.1 Å². The standard InChI is InChI=1S/NO.H2O4S.Ru/c1-2;1-5(2,3)4;/h;(H2,1,2,3,4);/q-1;;+3/p-2. The van der Waals surface area contributed by atoms with E-state index in [9.17, 15) is 0 Å². The topological polar surface area (TPSA) is 110 Å². The van der Waals surface area contributed by atoms with Crippen LogP contribution in [0.2, 0.25) is 0 Å². The maximum atomic E-state index is 8.52. The van der Waals surface area contributed by atoms with Crippen molar-refractivity contribution in [1.82, 2.24) is 0 Å². The van der Waals surface area contributed by atoms with Gasteiger partial charge in [0.2, 0.25) is 0 Å². The molecule has 0 atom stereocenters. The summed E-state index contributed by atoms with van der Waals surface area (Å²) in [6, 6.07) is 0. The predicted octanol–water partition coefficient (Wildman–Crippen LogP) is -1.12. The first-order valence-corrected chi connectivity index (χ1v) is 3.12. The molecule has 0 radical (unpaired) electrons. The van der Waals surface area contributed by atoms with Crippen molar-refractivity contribution in [3.8, 4) is 0 Å². The predicted molar refractivity (Wildman–Crippen MR) is 16.3 cm³/mol. The molecule has 0 aromatic carbocycles. The summed E-state index contributed by atoms with van der Waals surface area (Å²) in [7, 11) is -5.17. The Morgan fingerprint density at radius 1 is 1.38 bits per heavy atom. The molecular formula is NO5RuS. The Balaban J connectivity index is 0. The van der Waals surface area contributed by atoms with E-state index in [-0.39, 0.29) is 0 Å². The van der Waals surface area contributed by atoms with Gasteiger partial charge in [0.25, 0.3) is 0 Å². The summed E-state index contributed by atoms with van der Waals surface area (Å²) in [4.78, 5) is 8.52. The quantitative estimate of drug-likeness (QED) is 0.225. The summed E-state index contributed by atoms with van der Waals surface area (Å²) in [5.74, 6) is 0. The van der Waals surface area contributed by atoms with Gasteiger partial charge in [-0.2, -0.15) is 0 Å². The second-order valence-electron chi connectivity index (χ2n) is 0.473. The van der Waals surface area contributed by atoms with E-state index in [1.807, 2.05) is 0 Å². The Kier molecular flexibility index (Phi) is 7.18. The maximum absolute atomic E-state index is 8.52. The third-order valence-corrected chi connectivity index (χ3v) is 0. The van der Waals surface area contributed by atoms with Gasteiger partial charge in [0.05, 0.1) is 0 Å². The van der Waals surface area contributed by atoms with Crippen LogP contribution in [-0.2, 0) is 28.9 Å². The van der Waals surface area contributed by atoms with E-state index in [1.54, 1.807) is 18.5 Å². The van der Waals surface area contributed by atoms with E-state index in [0.29, 0.717) is 0 Å². The van der Waals surface area contributed by atoms with Gasteiger partial charge in [-0.05, 0) is 0 Å². The first kappa shape index (κ1) is 11.0. The average Bonchev–Trinajstić information content (AvgIpc) is 1.27. The Hall–Kier alpha value is 0.0934. The molecule has 0 aliphatic heterocycles. The van der Waals surface area contributed by atoms with Crippen LogP contribution in [0.5, 0.6) is 0 Å². The Bertz CT molecular complexity index is 127. The van der Waals surface area contributed by atoms with Gasteiger partial charge in [0.1, 0.15) is 0 Å². The zero-order chi connectivity index (χ0) is 7.21. The van der Waals surface area contributed by atoms with Crippen molar-refractivity contribution >= 4 is 10.4 Å². The summed E-state index contributed by atoms with van der Waals surface area (Å²) in [5.41, 5.74) is 0. The summed E-state index contributed by atoms with van der Waals surface area (Å²) < 4.78 is 36.3. The third-order valence-electron chi connectivity index (χ3n) is 0. The van der Waals surface area contributed by atoms with Crippen LogP contribution in [0, 0.1) is 4.91 Å². The Morgan fingerprint density at radius 2 is 1.38 bits per heavy atom. The number of rotatable bonds is 0. The van der Waals surface area contributed by atoms with Crippen LogP contribution in [0.15, 0.2) is 3.92 Å². The van der Waals surface area contributed by atoms with Crippen molar-refractivity contribution in [2.45, 2.75) is 0 Å². The van der Waals surface area contributed by atoms with E-state index in [4.69, 9.17) is 22.4 Å². The molecule has 0 saturated heterocycles. The molecule has 0 spiro atoms. The van der Waals surface area contributed by atoms with E-state index < -0.39 is 10.4 Å². The van der Waals surface area contributed by atoms with Crippen molar-refractivity contribution in [3.05, 3.63) is 4.91 Å². The molecule has 8 heavy (non-hydrogen) atoms. The molecule has 0 heterocycles. The molecule has 8 heteroatoms. The van der Waals surface area contributed by atoms with E-state index in [2.05, 4.69) is 3.92 Å². The number of hydrogen-bond donors (Lipinski definition) is 0. The minimum absolute atomic E-state index is 1.58. The molecule has 0 aliphatic carbocycles. The van der Waals surface area contributed by atoms with Gasteiger partial charge in [-0.1, -0.05) is 0 Å². The molecule has 0 bridgehead atoms. The van der Waals surface area contributed by atoms with E-state index in [1.165, 1.54) is 0 Å². The molecule has 0 aromatic rings. The fourth-order valence-electron chi connectivity index (χ4n) is 0. The summed E-state index contributed by atoms with van der Waals surface area (Å²) in [6.45, 7) is 0. The summed E-state index contributed by atoms with van der Waals surface area (Å²) in [6.07, 6.45) is 0. The van der Waals surface area contributed by atoms with Crippen LogP contribution < -0.4 is 0 Å². The van der Waals surface area contributed by atoms with Crippen LogP contribution in [0.25, 0.3) is 0 Å². The molecule has 0 fully saturated rings. The molecule has 0 aromatic heterocycles. The fraction of sp³-hybridized carbons (Fsp3) is 0. The molecule has 0 saturated carbocycles. The van der Waals surface area contributed by atoms with Crippen LogP contribution in [0.4, 0.5) is 0 Å². The fourth-order valence-corrected chi connectivity index (χ4v) is 0. The molecule has 0 unspecified atom stereocenters. The van der Waals surface area contributed by atoms with Gasteiger partial charge >= 0.3 is 27.4 Å². The van der Waals surface area contributed by atoms with Crippen LogP contribution >= 0.6 is 0 Å². The zero-order valence-electron chi connectivity index (χ0n) is 3.25. The minimum atomic E-state index is -5.17. The van der Waals surface area contributed by atoms with Gasteiger partial charge in [-0.15, -0.1) is 0 Å². The van der Waals surface area contributed by atoms with Crippen molar-refractivity contribution in [1.29, 1.82) is 0 Å². The Labute approximate surface area is 55.8 Å². The summed E-state index contributed by atoms with van der Waals surface area (Å²) in [5, 5.41) is 0. The van der Waals surface area contributed by atoms with Gasteiger partial charge in [-0.25, -0.2) is 0 Å². The van der Waals surface area contributed by atoms with Crippen molar-refractivity contribution in [3.63, 3.8) is 0 Å². The van der Waals surface area contributed by atoms with Gasteiger partial charge in [-0.3, -0.25) is 8.42 Å². The van der Waals surface area contributed by atoms with Gasteiger partial charge in [0.15, 0.2) is 0 Å². The van der Waals surface area contributed by atoms with Crippen LogP contribution in [-0.4, -0.2) is 17.5 Å². The Morgan fingerprint density at radius 3 is 1.38 bits per heavy atom. The zero-order valence-corrected chi connectivity index (χ0v) is 5.80. The second kappa shape index (κ2) is 5.23. The monoisotopic (exact) mass is 228 g/mol. The van der Waals surface area contributed by atoms with Gasteiger partial charge in [0, 0.05) is 10.4 Å². The molecule has 0 aliphatic rings. The van der Waals surface area contributed by atoms with Gasteiger partial charge < -0.3 is 9.11 Å². The average molecular weight is 227 g/mol. The second-order valence-corrected chi connectivity index (χ2v) is 1.61. The van der Waals surface area contributed by atoms with E-state index in [0.717, 1.165) is 0 Å². The molecular weight excluding hydrogens is 227 g/mol. The molecule has 49 valence electrons. The molecule has 0 rings (SSSR count). The van der Waals surface area contributed by atoms with Crippen molar-refractivity contribution in [2.24, 2.45) is 3.92 Å². The summed E-state index contributed by atoms with van der Waals surface area (Å²) >= 11 is 1.58. The van der Waals surface area contributed by atoms with E-state index >= 15 is 0 Å². The number of hydrogen-bond acceptors (Lipinski definition) is 6. The third kappa shape index (κ3) is 18100. The number of nitrogens with zero attached hydrogens (tertiary/aromatic N) is 1. The number of nitroso groups, excluding NO2 is 1. The molecule has 6 nitrogen and oxygen atoms in total. The first-order chi connectivity index (χ1) is 3.41. The normalized spacial score (nSPS) is 8.75. The van der Waals surface area contributed by atoms with Crippen molar-refractivity contribution in [2.75, 3.05) is 0 Å². The molecule has 0 amide bonds. The molecule has 0 N–H and O–H groups in total. The SMILES string of the molecule is O=S(=O)([O-])[O-].O=[N][Ru+2].